The van der Waals surface area contributed by atoms with Gasteiger partial charge >= 0.3 is 0 Å². The highest BCUT2D eigenvalue weighted by atomic mass is 16.5. The second kappa shape index (κ2) is 8.67. The molecule has 0 spiro atoms. The molecule has 136 valence electrons. The number of amides is 2. The van der Waals surface area contributed by atoms with Crippen molar-refractivity contribution >= 4 is 11.8 Å². The van der Waals surface area contributed by atoms with Crippen molar-refractivity contribution in [3.8, 4) is 16.9 Å². The number of hydrogen-bond donors (Lipinski definition) is 2. The van der Waals surface area contributed by atoms with Gasteiger partial charge in [0.05, 0.1) is 6.61 Å². The largest absolute Gasteiger partial charge is 0.494 e. The Balaban J connectivity index is 1.58. The molecule has 0 aliphatic heterocycles. The van der Waals surface area contributed by atoms with Gasteiger partial charge in [0.2, 0.25) is 0 Å². The molecule has 0 atom stereocenters. The molecule has 0 saturated heterocycles. The first-order valence-corrected chi connectivity index (χ1v) is 8.66. The topological polar surface area (TPSA) is 67.4 Å². The third kappa shape index (κ3) is 4.73. The van der Waals surface area contributed by atoms with E-state index in [9.17, 15) is 9.59 Å². The fourth-order valence-corrected chi connectivity index (χ4v) is 2.57. The minimum absolute atomic E-state index is 0.381. The number of nitrogens with one attached hydrogen (secondary N) is 2. The molecule has 5 nitrogen and oxygen atoms in total. The van der Waals surface area contributed by atoms with Gasteiger partial charge in [-0.25, -0.2) is 0 Å². The number of hydrazine groups is 1. The molecule has 0 aromatic heterocycles. The summed E-state index contributed by atoms with van der Waals surface area (Å²) in [4.78, 5) is 24.3. The Morgan fingerprint density at radius 3 is 1.70 bits per heavy atom. The van der Waals surface area contributed by atoms with Gasteiger partial charge in [0, 0.05) is 11.1 Å². The van der Waals surface area contributed by atoms with Crippen molar-refractivity contribution in [3.05, 3.63) is 90.0 Å². The van der Waals surface area contributed by atoms with Gasteiger partial charge in [0.25, 0.3) is 11.8 Å². The van der Waals surface area contributed by atoms with E-state index in [0.29, 0.717) is 23.5 Å². The maximum absolute atomic E-state index is 12.2. The van der Waals surface area contributed by atoms with Crippen LogP contribution in [0.4, 0.5) is 0 Å². The van der Waals surface area contributed by atoms with Gasteiger partial charge in [-0.3, -0.25) is 20.4 Å². The molecule has 3 aromatic rings. The first kappa shape index (κ1) is 18.2. The van der Waals surface area contributed by atoms with Gasteiger partial charge in [0.15, 0.2) is 0 Å². The lowest BCUT2D eigenvalue weighted by Crippen LogP contribution is -2.41. The molecule has 0 aliphatic carbocycles. The molecule has 0 fully saturated rings. The summed E-state index contributed by atoms with van der Waals surface area (Å²) in [5.41, 5.74) is 7.83. The summed E-state index contributed by atoms with van der Waals surface area (Å²) in [6, 6.07) is 23.8. The van der Waals surface area contributed by atoms with Crippen LogP contribution in [0.25, 0.3) is 11.1 Å². The minimum atomic E-state index is -0.396. The molecule has 0 unspecified atom stereocenters. The molecule has 5 heteroatoms. The highest BCUT2D eigenvalue weighted by Gasteiger charge is 2.09. The van der Waals surface area contributed by atoms with Crippen LogP contribution in [-0.4, -0.2) is 18.4 Å². The van der Waals surface area contributed by atoms with Gasteiger partial charge in [-0.15, -0.1) is 0 Å². The first-order chi connectivity index (χ1) is 13.2. The number of ether oxygens (including phenoxy) is 1. The molecule has 2 amide bonds. The van der Waals surface area contributed by atoms with Gasteiger partial charge in [-0.1, -0.05) is 42.5 Å². The van der Waals surface area contributed by atoms with Crippen LogP contribution >= 0.6 is 0 Å². The maximum Gasteiger partial charge on any atom is 0.269 e. The Labute approximate surface area is 158 Å². The van der Waals surface area contributed by atoms with E-state index in [4.69, 9.17) is 4.74 Å². The van der Waals surface area contributed by atoms with E-state index < -0.39 is 5.91 Å². The van der Waals surface area contributed by atoms with Crippen LogP contribution in [0.2, 0.25) is 0 Å². The fraction of sp³-hybridized carbons (Fsp3) is 0.0909. The Kier molecular flexibility index (Phi) is 5.84. The lowest BCUT2D eigenvalue weighted by Gasteiger charge is -2.09. The summed E-state index contributed by atoms with van der Waals surface area (Å²) in [5.74, 6) is -0.0854. The predicted molar refractivity (Wildman–Crippen MR) is 104 cm³/mol. The van der Waals surface area contributed by atoms with E-state index >= 15 is 0 Å². The molecule has 0 radical (unpaired) electrons. The Hall–Kier alpha value is -3.60. The third-order valence-electron chi connectivity index (χ3n) is 3.97. The molecule has 0 heterocycles. The number of hydrogen-bond acceptors (Lipinski definition) is 3. The van der Waals surface area contributed by atoms with E-state index in [1.54, 1.807) is 36.4 Å². The zero-order valence-corrected chi connectivity index (χ0v) is 14.9. The highest BCUT2D eigenvalue weighted by molar-refractivity contribution is 5.99. The van der Waals surface area contributed by atoms with Crippen molar-refractivity contribution < 1.29 is 14.3 Å². The summed E-state index contributed by atoms with van der Waals surface area (Å²) < 4.78 is 5.34. The molecule has 3 rings (SSSR count). The Bertz CT molecular complexity index is 905. The lowest BCUT2D eigenvalue weighted by molar-refractivity contribution is 0.0846. The fourth-order valence-electron chi connectivity index (χ4n) is 2.57. The summed E-state index contributed by atoms with van der Waals surface area (Å²) >= 11 is 0. The smallest absolute Gasteiger partial charge is 0.269 e. The minimum Gasteiger partial charge on any atom is -0.494 e. The number of carbonyl (C=O) groups excluding carboxylic acids is 2. The van der Waals surface area contributed by atoms with Crippen LogP contribution in [0.3, 0.4) is 0 Å². The lowest BCUT2D eigenvalue weighted by atomic mass is 10.0. The van der Waals surface area contributed by atoms with Gasteiger partial charge in [-0.05, 0) is 54.4 Å². The second-order valence-corrected chi connectivity index (χ2v) is 5.81. The molecule has 2 N–H and O–H groups in total. The summed E-state index contributed by atoms with van der Waals surface area (Å²) in [6.07, 6.45) is 0. The first-order valence-electron chi connectivity index (χ1n) is 8.66. The van der Waals surface area contributed by atoms with Crippen LogP contribution in [0.1, 0.15) is 27.6 Å². The standard InChI is InChI=1S/C22H20N2O3/c1-2-27-20-14-12-19(13-15-20)22(26)24-23-21(25)18-10-8-17(9-11-18)16-6-4-3-5-7-16/h3-15H,2H2,1H3,(H,23,25)(H,24,26). The number of benzene rings is 3. The van der Waals surface area contributed by atoms with Crippen LogP contribution in [0.15, 0.2) is 78.9 Å². The van der Waals surface area contributed by atoms with Gasteiger partial charge in [0.1, 0.15) is 5.75 Å². The van der Waals surface area contributed by atoms with E-state index in [1.807, 2.05) is 49.4 Å². The third-order valence-corrected chi connectivity index (χ3v) is 3.97. The predicted octanol–water partition coefficient (Wildman–Crippen LogP) is 3.83. The maximum atomic E-state index is 12.2. The van der Waals surface area contributed by atoms with Crippen molar-refractivity contribution in [2.45, 2.75) is 6.92 Å². The average Bonchev–Trinajstić information content (AvgIpc) is 2.73. The zero-order valence-electron chi connectivity index (χ0n) is 14.9. The number of carbonyl (C=O) groups is 2. The van der Waals surface area contributed by atoms with Crippen molar-refractivity contribution in [3.63, 3.8) is 0 Å². The van der Waals surface area contributed by atoms with Crippen molar-refractivity contribution in [1.29, 1.82) is 0 Å². The van der Waals surface area contributed by atoms with Crippen LogP contribution < -0.4 is 15.6 Å². The highest BCUT2D eigenvalue weighted by Crippen LogP contribution is 2.19. The molecular weight excluding hydrogens is 340 g/mol. The van der Waals surface area contributed by atoms with E-state index in [0.717, 1.165) is 11.1 Å². The number of rotatable bonds is 5. The Morgan fingerprint density at radius 2 is 1.19 bits per heavy atom. The quantitative estimate of drug-likeness (QED) is 0.680. The molecule has 27 heavy (non-hydrogen) atoms. The van der Waals surface area contributed by atoms with Gasteiger partial charge < -0.3 is 4.74 Å². The molecular formula is C22H20N2O3. The van der Waals surface area contributed by atoms with Crippen LogP contribution in [-0.2, 0) is 0 Å². The van der Waals surface area contributed by atoms with E-state index in [1.165, 1.54) is 0 Å². The summed E-state index contributed by atoms with van der Waals surface area (Å²) in [5, 5.41) is 0. The SMILES string of the molecule is CCOc1ccc(C(=O)NNC(=O)c2ccc(-c3ccccc3)cc2)cc1. The van der Waals surface area contributed by atoms with Crippen LogP contribution in [0.5, 0.6) is 5.75 Å². The summed E-state index contributed by atoms with van der Waals surface area (Å²) in [7, 11) is 0. The summed E-state index contributed by atoms with van der Waals surface area (Å²) in [6.45, 7) is 2.45. The average molecular weight is 360 g/mol. The van der Waals surface area contributed by atoms with Crippen molar-refractivity contribution in [2.24, 2.45) is 0 Å². The van der Waals surface area contributed by atoms with E-state index in [2.05, 4.69) is 10.9 Å². The molecule has 0 bridgehead atoms. The molecule has 0 saturated carbocycles. The Morgan fingerprint density at radius 1 is 0.704 bits per heavy atom. The zero-order chi connectivity index (χ0) is 19.1. The monoisotopic (exact) mass is 360 g/mol. The van der Waals surface area contributed by atoms with Crippen molar-refractivity contribution in [2.75, 3.05) is 6.61 Å². The normalized spacial score (nSPS) is 10.1. The van der Waals surface area contributed by atoms with Gasteiger partial charge in [-0.2, -0.15) is 0 Å². The second-order valence-electron chi connectivity index (χ2n) is 5.81. The van der Waals surface area contributed by atoms with Crippen LogP contribution in [0, 0.1) is 0 Å². The molecule has 3 aromatic carbocycles. The van der Waals surface area contributed by atoms with E-state index in [-0.39, 0.29) is 5.91 Å². The van der Waals surface area contributed by atoms with Crippen molar-refractivity contribution in [1.82, 2.24) is 10.9 Å². The molecule has 0 aliphatic rings.